The van der Waals surface area contributed by atoms with Crippen LogP contribution in [0.5, 0.6) is 0 Å². The quantitative estimate of drug-likeness (QED) is 0.124. The van der Waals surface area contributed by atoms with Crippen molar-refractivity contribution in [2.24, 2.45) is 5.16 Å². The van der Waals surface area contributed by atoms with Crippen molar-refractivity contribution < 1.29 is 33.9 Å². The lowest BCUT2D eigenvalue weighted by Crippen LogP contribution is -2.71. The number of fused-ring (bicyclic) bond motifs is 1. The number of nitrogens with one attached hydrogen (secondary N) is 1. The molecule has 1 aromatic heterocycles. The summed E-state index contributed by atoms with van der Waals surface area (Å²) in [7, 11) is 0. The number of carbonyl (C=O) groups excluding carboxylic acids is 3. The number of thiazole rings is 1. The zero-order chi connectivity index (χ0) is 27.8. The number of carbonyl (C=O) groups is 4. The van der Waals surface area contributed by atoms with Gasteiger partial charge in [0.15, 0.2) is 10.8 Å². The molecule has 202 valence electrons. The Bertz CT molecular complexity index is 1490. The Labute approximate surface area is 228 Å². The molecule has 0 radical (unpaired) electrons. The first-order valence-corrected chi connectivity index (χ1v) is 13.5. The van der Waals surface area contributed by atoms with Crippen LogP contribution >= 0.6 is 23.1 Å². The topological polar surface area (TPSA) is 179 Å². The summed E-state index contributed by atoms with van der Waals surface area (Å²) in [6.07, 6.45) is 1.83. The number of anilines is 1. The molecule has 2 aromatic rings. The molecule has 2 saturated heterocycles. The number of carboxylic acids is 1. The smallest absolute Gasteiger partial charge is 0.352 e. The number of aromatic nitrogens is 1. The number of allylic oxidation sites excluding steroid dienone is 1. The SMILES string of the molecule is Nc1nc(C(=NO)C(=O)N[C@@H]2C(=O)N3C(C(=O)O)=C(C=C4CCN(Cc5ccccc5F)C4=O)CS[C@H]23)cs1. The van der Waals surface area contributed by atoms with Crippen LogP contribution in [0.2, 0.25) is 0 Å². The number of benzene rings is 1. The molecule has 4 heterocycles. The second kappa shape index (κ2) is 10.5. The third kappa shape index (κ3) is 4.85. The molecule has 15 heteroatoms. The Kier molecular flexibility index (Phi) is 7.10. The predicted octanol–water partition coefficient (Wildman–Crippen LogP) is 1.14. The van der Waals surface area contributed by atoms with Gasteiger partial charge in [0.1, 0.15) is 28.6 Å². The van der Waals surface area contributed by atoms with Gasteiger partial charge in [-0.25, -0.2) is 14.2 Å². The molecular formula is C24H21FN6O6S2. The Hall–Kier alpha value is -4.24. The first-order valence-electron chi connectivity index (χ1n) is 11.6. The van der Waals surface area contributed by atoms with E-state index in [4.69, 9.17) is 5.73 Å². The predicted molar refractivity (Wildman–Crippen MR) is 139 cm³/mol. The molecule has 12 nitrogen and oxygen atoms in total. The number of amides is 3. The maximum atomic E-state index is 14.0. The maximum Gasteiger partial charge on any atom is 0.352 e. The van der Waals surface area contributed by atoms with E-state index in [9.17, 15) is 33.9 Å². The van der Waals surface area contributed by atoms with Crippen molar-refractivity contribution in [2.45, 2.75) is 24.4 Å². The van der Waals surface area contributed by atoms with Gasteiger partial charge in [-0.15, -0.1) is 23.1 Å². The van der Waals surface area contributed by atoms with Gasteiger partial charge in [-0.3, -0.25) is 19.3 Å². The largest absolute Gasteiger partial charge is 0.477 e. The number of hydrogen-bond acceptors (Lipinski definition) is 10. The Morgan fingerprint density at radius 1 is 1.31 bits per heavy atom. The van der Waals surface area contributed by atoms with Gasteiger partial charge in [-0.1, -0.05) is 23.4 Å². The zero-order valence-corrected chi connectivity index (χ0v) is 21.7. The Balaban J connectivity index is 1.32. The van der Waals surface area contributed by atoms with Crippen molar-refractivity contribution in [3.63, 3.8) is 0 Å². The minimum atomic E-state index is -1.35. The van der Waals surface area contributed by atoms with Gasteiger partial charge >= 0.3 is 5.97 Å². The summed E-state index contributed by atoms with van der Waals surface area (Å²) in [6, 6.07) is 5.09. The fraction of sp³-hybridized carbons (Fsp3) is 0.250. The van der Waals surface area contributed by atoms with Crippen molar-refractivity contribution in [3.05, 3.63) is 69.6 Å². The van der Waals surface area contributed by atoms with E-state index in [1.54, 1.807) is 18.2 Å². The summed E-state index contributed by atoms with van der Waals surface area (Å²) in [4.78, 5) is 57.2. The highest BCUT2D eigenvalue weighted by atomic mass is 32.2. The summed E-state index contributed by atoms with van der Waals surface area (Å²) in [5.74, 6) is -3.48. The second-order valence-corrected chi connectivity index (χ2v) is 10.8. The second-order valence-electron chi connectivity index (χ2n) is 8.80. The number of nitrogen functional groups attached to an aromatic ring is 1. The molecule has 3 aliphatic heterocycles. The van der Waals surface area contributed by atoms with Crippen LogP contribution in [0.25, 0.3) is 0 Å². The van der Waals surface area contributed by atoms with E-state index in [0.29, 0.717) is 24.1 Å². The van der Waals surface area contributed by atoms with Crippen molar-refractivity contribution in [2.75, 3.05) is 18.0 Å². The van der Waals surface area contributed by atoms with Crippen LogP contribution in [0.3, 0.4) is 0 Å². The number of likely N-dealkylation sites (tertiary alicyclic amines) is 1. The molecule has 3 amide bonds. The molecule has 0 aliphatic carbocycles. The van der Waals surface area contributed by atoms with Crippen molar-refractivity contribution in [1.29, 1.82) is 0 Å². The average molecular weight is 573 g/mol. The number of oxime groups is 1. The molecule has 5 rings (SSSR count). The van der Waals surface area contributed by atoms with Crippen molar-refractivity contribution >= 4 is 57.6 Å². The van der Waals surface area contributed by atoms with Gasteiger partial charge in [0.2, 0.25) is 5.91 Å². The van der Waals surface area contributed by atoms with E-state index in [2.05, 4.69) is 15.5 Å². The number of β-lactam (4-membered cyclic amide) rings is 1. The summed E-state index contributed by atoms with van der Waals surface area (Å²) in [5.41, 5.74) is 5.91. The van der Waals surface area contributed by atoms with E-state index in [1.165, 1.54) is 34.2 Å². The number of hydrogen-bond donors (Lipinski definition) is 4. The number of nitrogens with two attached hydrogens (primary N) is 1. The monoisotopic (exact) mass is 572 g/mol. The third-order valence-electron chi connectivity index (χ3n) is 6.45. The zero-order valence-electron chi connectivity index (χ0n) is 20.0. The van der Waals surface area contributed by atoms with Gasteiger partial charge in [-0.2, -0.15) is 0 Å². The minimum Gasteiger partial charge on any atom is -0.477 e. The normalized spacial score (nSPS) is 22.3. The highest BCUT2D eigenvalue weighted by Gasteiger charge is 2.54. The third-order valence-corrected chi connectivity index (χ3v) is 8.42. The van der Waals surface area contributed by atoms with Crippen molar-refractivity contribution in [3.8, 4) is 0 Å². The van der Waals surface area contributed by atoms with Crippen LogP contribution in [0.1, 0.15) is 17.7 Å². The van der Waals surface area contributed by atoms with Gasteiger partial charge < -0.3 is 26.3 Å². The number of aliphatic carboxylic acids is 1. The summed E-state index contributed by atoms with van der Waals surface area (Å²) in [6.45, 7) is 0.434. The number of halogens is 1. The molecule has 39 heavy (non-hydrogen) atoms. The molecule has 0 bridgehead atoms. The molecule has 1 aromatic carbocycles. The average Bonchev–Trinajstić information content (AvgIpc) is 3.49. The van der Waals surface area contributed by atoms with Crippen LogP contribution < -0.4 is 11.1 Å². The summed E-state index contributed by atoms with van der Waals surface area (Å²) < 4.78 is 14.0. The molecule has 0 spiro atoms. The number of carboxylic acid groups (broad SMARTS) is 1. The van der Waals surface area contributed by atoms with Gasteiger partial charge in [0.25, 0.3) is 11.8 Å². The maximum absolute atomic E-state index is 14.0. The van der Waals surface area contributed by atoms with E-state index >= 15 is 0 Å². The van der Waals surface area contributed by atoms with E-state index in [0.717, 1.165) is 16.2 Å². The van der Waals surface area contributed by atoms with Crippen LogP contribution in [-0.4, -0.2) is 78.2 Å². The molecule has 0 unspecified atom stereocenters. The summed E-state index contributed by atoms with van der Waals surface area (Å²) >= 11 is 2.25. The lowest BCUT2D eigenvalue weighted by molar-refractivity contribution is -0.150. The first-order chi connectivity index (χ1) is 18.7. The van der Waals surface area contributed by atoms with Gasteiger partial charge in [0.05, 0.1) is 0 Å². The molecule has 2 atom stereocenters. The fourth-order valence-electron chi connectivity index (χ4n) is 4.57. The van der Waals surface area contributed by atoms with Crippen LogP contribution in [0.4, 0.5) is 9.52 Å². The highest BCUT2D eigenvalue weighted by molar-refractivity contribution is 8.00. The standard InChI is InChI=1S/C24H21FN6O6S2/c25-14-4-2-1-3-12(14)8-30-6-5-11(20(30)33)7-13-9-38-22-17(21(34)31(22)18(13)23(35)36)28-19(32)16(29-37)15-10-39-24(26)27-15/h1-4,7,10,17,22,37H,5-6,8-9H2,(H2,26,27)(H,28,32)(H,35,36)/t17-,22-/m1/s1. The lowest BCUT2D eigenvalue weighted by Gasteiger charge is -2.49. The lowest BCUT2D eigenvalue weighted by atomic mass is 10.0. The number of thioether (sulfide) groups is 1. The molecule has 2 fully saturated rings. The van der Waals surface area contributed by atoms with E-state index in [-0.39, 0.29) is 40.3 Å². The molecule has 0 saturated carbocycles. The molecule has 3 aliphatic rings. The minimum absolute atomic E-state index is 0.0303. The van der Waals surface area contributed by atoms with Crippen LogP contribution in [-0.2, 0) is 25.7 Å². The highest BCUT2D eigenvalue weighted by Crippen LogP contribution is 2.41. The van der Waals surface area contributed by atoms with Crippen molar-refractivity contribution in [1.82, 2.24) is 20.1 Å². The Morgan fingerprint density at radius 2 is 2.08 bits per heavy atom. The fourth-order valence-corrected chi connectivity index (χ4v) is 6.42. The van der Waals surface area contributed by atoms with Gasteiger partial charge in [0, 0.05) is 35.4 Å². The summed E-state index contributed by atoms with van der Waals surface area (Å²) in [5, 5.41) is 25.5. The van der Waals surface area contributed by atoms with E-state index in [1.807, 2.05) is 0 Å². The number of nitrogens with zero attached hydrogens (tertiary/aromatic N) is 4. The molecular weight excluding hydrogens is 551 g/mol. The molecule has 5 N–H and O–H groups in total. The Morgan fingerprint density at radius 3 is 2.74 bits per heavy atom. The first kappa shape index (κ1) is 26.4. The van der Waals surface area contributed by atoms with Crippen LogP contribution in [0, 0.1) is 5.82 Å². The van der Waals surface area contributed by atoms with Crippen LogP contribution in [0.15, 0.2) is 57.7 Å². The number of rotatable bonds is 7. The van der Waals surface area contributed by atoms with E-state index < -0.39 is 40.7 Å². The van der Waals surface area contributed by atoms with Gasteiger partial charge in [-0.05, 0) is 24.1 Å².